The van der Waals surface area contributed by atoms with Gasteiger partial charge in [0.2, 0.25) is 5.13 Å². The molecule has 3 rings (SSSR count). The highest BCUT2D eigenvalue weighted by Gasteiger charge is 2.09. The number of rotatable bonds is 7. The first kappa shape index (κ1) is 21.7. The fraction of sp³-hybridized carbons (Fsp3) is 0.200. The molecule has 0 amide bonds. The van der Waals surface area contributed by atoms with Crippen molar-refractivity contribution in [1.29, 1.82) is 0 Å². The molecule has 1 N–H and O–H groups in total. The Bertz CT molecular complexity index is 942. The molecule has 0 aliphatic carbocycles. The van der Waals surface area contributed by atoms with Gasteiger partial charge in [-0.2, -0.15) is 5.10 Å². The summed E-state index contributed by atoms with van der Waals surface area (Å²) in [4.78, 5) is 4.59. The van der Waals surface area contributed by atoms with Crippen molar-refractivity contribution in [2.45, 2.75) is 6.92 Å². The molecule has 0 saturated heterocycles. The predicted molar refractivity (Wildman–Crippen MR) is 120 cm³/mol. The second-order valence-corrected chi connectivity index (χ2v) is 6.50. The highest BCUT2D eigenvalue weighted by Crippen LogP contribution is 2.33. The third-order valence-corrected chi connectivity index (χ3v) is 4.76. The van der Waals surface area contributed by atoms with E-state index in [4.69, 9.17) is 14.2 Å². The number of thiazole rings is 1. The Kier molecular flexibility index (Phi) is 7.83. The summed E-state index contributed by atoms with van der Waals surface area (Å²) >= 11 is 1.49. The van der Waals surface area contributed by atoms with Gasteiger partial charge >= 0.3 is 0 Å². The minimum absolute atomic E-state index is 0. The number of nitrogens with zero attached hydrogens (tertiary/aromatic N) is 2. The molecule has 0 bridgehead atoms. The van der Waals surface area contributed by atoms with E-state index in [0.717, 1.165) is 28.3 Å². The molecule has 0 fully saturated rings. The maximum Gasteiger partial charge on any atom is 0.203 e. The lowest BCUT2D eigenvalue weighted by molar-refractivity contribution is 0.355. The van der Waals surface area contributed by atoms with Crippen LogP contribution in [0.2, 0.25) is 0 Å². The van der Waals surface area contributed by atoms with E-state index in [2.05, 4.69) is 15.5 Å². The molecule has 3 aromatic rings. The lowest BCUT2D eigenvalue weighted by Gasteiger charge is -2.08. The zero-order valence-corrected chi connectivity index (χ0v) is 18.6. The van der Waals surface area contributed by atoms with Crippen molar-refractivity contribution in [2.75, 3.05) is 26.8 Å². The Morgan fingerprint density at radius 1 is 0.964 bits per heavy atom. The summed E-state index contributed by atoms with van der Waals surface area (Å²) in [7, 11) is 4.88. The fourth-order valence-electron chi connectivity index (χ4n) is 2.48. The second-order valence-electron chi connectivity index (χ2n) is 5.65. The van der Waals surface area contributed by atoms with Crippen LogP contribution in [0.5, 0.6) is 17.2 Å². The van der Waals surface area contributed by atoms with E-state index < -0.39 is 0 Å². The van der Waals surface area contributed by atoms with Gasteiger partial charge in [0, 0.05) is 10.9 Å². The normalized spacial score (nSPS) is 10.8. The summed E-state index contributed by atoms with van der Waals surface area (Å²) in [6, 6.07) is 13.5. The van der Waals surface area contributed by atoms with Crippen molar-refractivity contribution in [2.24, 2.45) is 5.10 Å². The minimum atomic E-state index is 0. The molecule has 1 heterocycles. The molecule has 0 spiro atoms. The van der Waals surface area contributed by atoms with E-state index in [-0.39, 0.29) is 17.0 Å². The first-order valence-electron chi connectivity index (χ1n) is 8.27. The van der Waals surface area contributed by atoms with Crippen LogP contribution in [0.3, 0.4) is 0 Å². The van der Waals surface area contributed by atoms with Gasteiger partial charge in [-0.3, -0.25) is 5.43 Å². The van der Waals surface area contributed by atoms with E-state index in [1.807, 2.05) is 54.8 Å². The number of nitrogens with one attached hydrogen (secondary N) is 1. The molecule has 0 unspecified atom stereocenters. The Morgan fingerprint density at radius 2 is 1.68 bits per heavy atom. The highest BCUT2D eigenvalue weighted by molar-refractivity contribution is 8.93. The molecule has 6 nitrogen and oxygen atoms in total. The van der Waals surface area contributed by atoms with E-state index in [9.17, 15) is 0 Å². The third kappa shape index (κ3) is 5.02. The van der Waals surface area contributed by atoms with Gasteiger partial charge in [0.1, 0.15) is 5.75 Å². The number of benzene rings is 2. The topological polar surface area (TPSA) is 65.0 Å². The zero-order valence-electron chi connectivity index (χ0n) is 16.1. The molecule has 0 radical (unpaired) electrons. The number of halogens is 1. The maximum atomic E-state index is 5.35. The molecule has 148 valence electrons. The van der Waals surface area contributed by atoms with Gasteiger partial charge in [0.15, 0.2) is 11.5 Å². The van der Waals surface area contributed by atoms with Crippen LogP contribution in [0, 0.1) is 0 Å². The molecular formula is C20H22BrN3O3S. The van der Waals surface area contributed by atoms with E-state index in [0.29, 0.717) is 16.6 Å². The summed E-state index contributed by atoms with van der Waals surface area (Å²) in [6.45, 7) is 1.94. The number of hydrogen-bond acceptors (Lipinski definition) is 7. The number of ether oxygens (including phenoxy) is 3. The number of anilines is 1. The van der Waals surface area contributed by atoms with Gasteiger partial charge in [-0.1, -0.05) is 0 Å². The standard InChI is InChI=1S/C20H21N3O3S.BrH/c1-13(14-5-8-16(24-2)9-6-14)22-23-20-21-17(12-27-20)15-7-10-18(25-3)19(11-15)26-4;/h5-12H,1-4H3,(H,21,23);1H/b22-13-;. The number of hydrogen-bond donors (Lipinski definition) is 1. The third-order valence-electron chi connectivity index (χ3n) is 4.01. The van der Waals surface area contributed by atoms with Gasteiger partial charge in [0.05, 0.1) is 32.7 Å². The van der Waals surface area contributed by atoms with Gasteiger partial charge in [0.25, 0.3) is 0 Å². The first-order valence-corrected chi connectivity index (χ1v) is 9.15. The highest BCUT2D eigenvalue weighted by atomic mass is 79.9. The van der Waals surface area contributed by atoms with E-state index >= 15 is 0 Å². The average Bonchev–Trinajstić information content (AvgIpc) is 3.20. The smallest absolute Gasteiger partial charge is 0.203 e. The molecule has 2 aromatic carbocycles. The van der Waals surface area contributed by atoms with Crippen molar-refractivity contribution in [3.8, 4) is 28.5 Å². The fourth-order valence-corrected chi connectivity index (χ4v) is 3.14. The van der Waals surface area contributed by atoms with Crippen LogP contribution < -0.4 is 19.6 Å². The summed E-state index contributed by atoms with van der Waals surface area (Å²) in [5, 5.41) is 7.11. The largest absolute Gasteiger partial charge is 0.497 e. The van der Waals surface area contributed by atoms with Crippen LogP contribution in [0.15, 0.2) is 52.9 Å². The molecule has 8 heteroatoms. The Morgan fingerprint density at radius 3 is 2.32 bits per heavy atom. The summed E-state index contributed by atoms with van der Waals surface area (Å²) in [5.74, 6) is 2.18. The summed E-state index contributed by atoms with van der Waals surface area (Å²) in [5.41, 5.74) is 6.70. The monoisotopic (exact) mass is 463 g/mol. The number of aromatic nitrogens is 1. The molecule has 28 heavy (non-hydrogen) atoms. The molecular weight excluding hydrogens is 442 g/mol. The van der Waals surface area contributed by atoms with Crippen LogP contribution in [-0.2, 0) is 0 Å². The molecule has 0 aliphatic rings. The Hall–Kier alpha value is -2.58. The quantitative estimate of drug-likeness (QED) is 0.382. The van der Waals surface area contributed by atoms with Crippen LogP contribution in [0.1, 0.15) is 12.5 Å². The number of hydrazone groups is 1. The minimum Gasteiger partial charge on any atom is -0.497 e. The van der Waals surface area contributed by atoms with Crippen LogP contribution in [0.25, 0.3) is 11.3 Å². The molecule has 0 atom stereocenters. The van der Waals surface area contributed by atoms with Crippen molar-refractivity contribution < 1.29 is 14.2 Å². The number of methoxy groups -OCH3 is 3. The van der Waals surface area contributed by atoms with Gasteiger partial charge in [-0.15, -0.1) is 28.3 Å². The lowest BCUT2D eigenvalue weighted by atomic mass is 10.1. The average molecular weight is 464 g/mol. The molecule has 0 saturated carbocycles. The lowest BCUT2D eigenvalue weighted by Crippen LogP contribution is -1.99. The molecule has 1 aromatic heterocycles. The second kappa shape index (κ2) is 10.1. The Balaban J connectivity index is 0.00000280. The van der Waals surface area contributed by atoms with E-state index in [1.165, 1.54) is 11.3 Å². The first-order chi connectivity index (χ1) is 13.1. The zero-order chi connectivity index (χ0) is 19.2. The van der Waals surface area contributed by atoms with Crippen molar-refractivity contribution in [3.05, 3.63) is 53.4 Å². The van der Waals surface area contributed by atoms with Crippen molar-refractivity contribution in [1.82, 2.24) is 4.98 Å². The SMILES string of the molecule is Br.COc1ccc(/C(C)=N\Nc2nc(-c3ccc(OC)c(OC)c3)cs2)cc1. The van der Waals surface area contributed by atoms with Crippen molar-refractivity contribution >= 4 is 39.2 Å². The summed E-state index contributed by atoms with van der Waals surface area (Å²) in [6.07, 6.45) is 0. The predicted octanol–water partition coefficient (Wildman–Crippen LogP) is 5.25. The summed E-state index contributed by atoms with van der Waals surface area (Å²) < 4.78 is 15.8. The maximum absolute atomic E-state index is 5.35. The van der Waals surface area contributed by atoms with Gasteiger partial charge < -0.3 is 14.2 Å². The molecule has 0 aliphatic heterocycles. The van der Waals surface area contributed by atoms with Crippen LogP contribution in [-0.4, -0.2) is 32.0 Å². The van der Waals surface area contributed by atoms with E-state index in [1.54, 1.807) is 21.3 Å². The Labute approximate surface area is 178 Å². The van der Waals surface area contributed by atoms with Gasteiger partial charge in [-0.25, -0.2) is 4.98 Å². The van der Waals surface area contributed by atoms with Crippen LogP contribution in [0.4, 0.5) is 5.13 Å². The van der Waals surface area contributed by atoms with Crippen molar-refractivity contribution in [3.63, 3.8) is 0 Å². The van der Waals surface area contributed by atoms with Gasteiger partial charge in [-0.05, 0) is 55.0 Å². The van der Waals surface area contributed by atoms with Crippen LogP contribution >= 0.6 is 28.3 Å².